The number of aliphatic hydroxyl groups excluding tert-OH is 1. The number of ketones is 1. The van der Waals surface area contributed by atoms with Crippen molar-refractivity contribution in [3.05, 3.63) is 77.9 Å². The Morgan fingerprint density at radius 1 is 0.978 bits per heavy atom. The molecule has 1 fully saturated rings. The van der Waals surface area contributed by atoms with Gasteiger partial charge in [0, 0.05) is 43.2 Å². The van der Waals surface area contributed by atoms with Crippen LogP contribution < -0.4 is 0 Å². The smallest absolute Gasteiger partial charge is 0.164 e. The summed E-state index contributed by atoms with van der Waals surface area (Å²) in [6.45, 7) is 19.0. The monoisotopic (exact) mass is 801 g/mol. The van der Waals surface area contributed by atoms with E-state index in [1.54, 1.807) is 6.26 Å². The van der Waals surface area contributed by atoms with Gasteiger partial charge in [0.05, 0.1) is 11.8 Å². The SMILES string of the molecule is CCC(C)(CC)C(=O)/C=C(\O)C(C)(CC)CC.Cc1[c-]c(-c2nccc3cc(C4CCC(C)(C)CC4)ccc23)c2occc2c1.[Ir]. The summed E-state index contributed by atoms with van der Waals surface area (Å²) in [7, 11) is 0. The number of rotatable bonds is 9. The van der Waals surface area contributed by atoms with Gasteiger partial charge in [-0.25, -0.2) is 0 Å². The quantitative estimate of drug-likeness (QED) is 0.104. The molecule has 1 aliphatic rings. The van der Waals surface area contributed by atoms with Crippen molar-refractivity contribution < 1.29 is 34.4 Å². The second-order valence-electron chi connectivity index (χ2n) is 14.5. The number of nitrogens with zero attached hydrogens (tertiary/aromatic N) is 1. The van der Waals surface area contributed by atoms with E-state index in [4.69, 9.17) is 9.40 Å². The van der Waals surface area contributed by atoms with Gasteiger partial charge in [0.15, 0.2) is 5.78 Å². The molecule has 4 nitrogen and oxygen atoms in total. The molecule has 0 amide bonds. The molecule has 1 saturated carbocycles. The van der Waals surface area contributed by atoms with E-state index in [-0.39, 0.29) is 42.5 Å². The number of hydrogen-bond donors (Lipinski definition) is 1. The van der Waals surface area contributed by atoms with Crippen molar-refractivity contribution in [3.8, 4) is 11.3 Å². The second-order valence-corrected chi connectivity index (χ2v) is 14.5. The molecule has 5 rings (SSSR count). The maximum Gasteiger partial charge on any atom is 0.164 e. The van der Waals surface area contributed by atoms with Gasteiger partial charge in [0.1, 0.15) is 5.76 Å². The number of benzene rings is 2. The van der Waals surface area contributed by atoms with E-state index in [2.05, 4.69) is 57.2 Å². The second kappa shape index (κ2) is 15.4. The molecule has 2 aromatic carbocycles. The Bertz CT molecular complexity index is 1650. The number of aryl methyl sites for hydroxylation is 1. The normalized spacial score (nSPS) is 15.7. The molecule has 1 aliphatic carbocycles. The van der Waals surface area contributed by atoms with Crippen LogP contribution in [0.4, 0.5) is 0 Å². The molecule has 0 atom stereocenters. The largest absolute Gasteiger partial charge is 0.512 e. The van der Waals surface area contributed by atoms with Gasteiger partial charge in [0.2, 0.25) is 0 Å². The maximum atomic E-state index is 12.2. The summed E-state index contributed by atoms with van der Waals surface area (Å²) < 4.78 is 5.77. The molecular weight excluding hydrogens is 747 g/mol. The Hall–Kier alpha value is -2.75. The first kappa shape index (κ1) is 37.7. The number of aromatic nitrogens is 1. The Morgan fingerprint density at radius 3 is 2.22 bits per heavy atom. The molecule has 0 spiro atoms. The fraction of sp³-hybridized carbons (Fsp3) is 0.512. The van der Waals surface area contributed by atoms with Crippen molar-refractivity contribution in [1.82, 2.24) is 4.98 Å². The van der Waals surface area contributed by atoms with Crippen LogP contribution in [-0.2, 0) is 24.9 Å². The number of allylic oxidation sites excluding steroid dienone is 2. The van der Waals surface area contributed by atoms with Crippen molar-refractivity contribution in [2.75, 3.05) is 0 Å². The van der Waals surface area contributed by atoms with Crippen LogP contribution in [-0.4, -0.2) is 15.9 Å². The number of furan rings is 1. The minimum Gasteiger partial charge on any atom is -0.512 e. The van der Waals surface area contributed by atoms with E-state index in [9.17, 15) is 9.90 Å². The average Bonchev–Trinajstić information content (AvgIpc) is 3.51. The van der Waals surface area contributed by atoms with E-state index >= 15 is 0 Å². The van der Waals surface area contributed by atoms with Crippen LogP contribution in [0.1, 0.15) is 124 Å². The molecule has 0 unspecified atom stereocenters. The van der Waals surface area contributed by atoms with Gasteiger partial charge in [-0.3, -0.25) is 4.79 Å². The Morgan fingerprint density at radius 2 is 1.61 bits per heavy atom. The van der Waals surface area contributed by atoms with E-state index in [0.29, 0.717) is 11.3 Å². The van der Waals surface area contributed by atoms with E-state index < -0.39 is 0 Å². The number of fused-ring (bicyclic) bond motifs is 2. The first-order valence-electron chi connectivity index (χ1n) is 17.0. The molecule has 46 heavy (non-hydrogen) atoms. The topological polar surface area (TPSA) is 63.3 Å². The molecule has 5 heteroatoms. The molecule has 0 bridgehead atoms. The van der Waals surface area contributed by atoms with Gasteiger partial charge in [0.25, 0.3) is 0 Å². The third-order valence-electron chi connectivity index (χ3n) is 11.1. The molecule has 1 N–H and O–H groups in total. The molecule has 0 saturated heterocycles. The first-order valence-corrected chi connectivity index (χ1v) is 17.0. The van der Waals surface area contributed by atoms with Crippen LogP contribution in [0.5, 0.6) is 0 Å². The summed E-state index contributed by atoms with van der Waals surface area (Å²) in [5.41, 5.74) is 5.24. The third kappa shape index (κ3) is 8.20. The van der Waals surface area contributed by atoms with Gasteiger partial charge in [-0.05, 0) is 96.9 Å². The summed E-state index contributed by atoms with van der Waals surface area (Å²) in [4.78, 5) is 16.9. The zero-order valence-corrected chi connectivity index (χ0v) is 31.9. The molecule has 1 radical (unpaired) electrons. The van der Waals surface area contributed by atoms with Gasteiger partial charge in [-0.2, -0.15) is 0 Å². The van der Waals surface area contributed by atoms with Gasteiger partial charge in [-0.15, -0.1) is 17.7 Å². The van der Waals surface area contributed by atoms with Crippen molar-refractivity contribution in [3.63, 3.8) is 0 Å². The zero-order valence-electron chi connectivity index (χ0n) is 29.5. The summed E-state index contributed by atoms with van der Waals surface area (Å²) in [5.74, 6) is 0.963. The minimum atomic E-state index is -0.337. The van der Waals surface area contributed by atoms with Crippen LogP contribution >= 0.6 is 0 Å². The van der Waals surface area contributed by atoms with Crippen LogP contribution in [0.25, 0.3) is 33.0 Å². The van der Waals surface area contributed by atoms with E-state index in [1.165, 1.54) is 48.1 Å². The summed E-state index contributed by atoms with van der Waals surface area (Å²) >= 11 is 0. The standard InChI is InChI=1S/C26H26NO.C15H28O2.Ir/c1-17-14-21-9-13-28-25(21)23(15-17)24-22-5-4-19(16-20(22)8-12-27-24)18-6-10-26(2,3)11-7-18;1-7-14(5,8-2)12(16)11-13(17)15(6,9-3)10-4;/h4-5,8-9,12-14,16,18H,6-7,10-11H2,1-3H3;11,16H,7-10H2,1-6H3;/q-1;;/b;12-11-;. The molecule has 2 aromatic heterocycles. The number of carbonyl (C=O) groups is 1. The Labute approximate surface area is 290 Å². The maximum absolute atomic E-state index is 12.2. The Balaban J connectivity index is 0.000000280. The Kier molecular flexibility index (Phi) is 12.7. The van der Waals surface area contributed by atoms with Crippen molar-refractivity contribution in [2.24, 2.45) is 16.2 Å². The molecule has 251 valence electrons. The average molecular weight is 801 g/mol. The van der Waals surface area contributed by atoms with E-state index in [0.717, 1.165) is 53.5 Å². The van der Waals surface area contributed by atoms with Crippen molar-refractivity contribution >= 4 is 27.5 Å². The summed E-state index contributed by atoms with van der Waals surface area (Å²) in [5, 5.41) is 13.7. The van der Waals surface area contributed by atoms with Crippen LogP contribution in [0.2, 0.25) is 0 Å². The summed E-state index contributed by atoms with van der Waals surface area (Å²) in [6.07, 6.45) is 13.6. The molecule has 0 aliphatic heterocycles. The molecule has 2 heterocycles. The number of pyridine rings is 1. The van der Waals surface area contributed by atoms with Crippen LogP contribution in [0, 0.1) is 29.2 Å². The number of aliphatic hydroxyl groups is 1. The van der Waals surface area contributed by atoms with Crippen LogP contribution in [0.15, 0.2) is 65.1 Å². The zero-order chi connectivity index (χ0) is 33.0. The number of carbonyl (C=O) groups excluding carboxylic acids is 1. The number of hydrogen-bond acceptors (Lipinski definition) is 4. The predicted molar refractivity (Wildman–Crippen MR) is 189 cm³/mol. The minimum absolute atomic E-state index is 0. The fourth-order valence-electron chi connectivity index (χ4n) is 6.39. The first-order chi connectivity index (χ1) is 21.3. The van der Waals surface area contributed by atoms with Gasteiger partial charge in [-0.1, -0.05) is 91.5 Å². The molecular formula is C41H54IrNO3-. The fourth-order valence-corrected chi connectivity index (χ4v) is 6.39. The van der Waals surface area contributed by atoms with E-state index in [1.807, 2.05) is 53.8 Å². The van der Waals surface area contributed by atoms with Crippen LogP contribution in [0.3, 0.4) is 0 Å². The van der Waals surface area contributed by atoms with Gasteiger partial charge < -0.3 is 14.5 Å². The molecule has 4 aromatic rings. The van der Waals surface area contributed by atoms with Crippen molar-refractivity contribution in [2.45, 2.75) is 120 Å². The summed E-state index contributed by atoms with van der Waals surface area (Å²) in [6, 6.07) is 16.7. The van der Waals surface area contributed by atoms with Crippen molar-refractivity contribution in [1.29, 1.82) is 0 Å². The predicted octanol–water partition coefficient (Wildman–Crippen LogP) is 12.1. The third-order valence-corrected chi connectivity index (χ3v) is 11.1. The van der Waals surface area contributed by atoms with Gasteiger partial charge >= 0.3 is 0 Å².